The highest BCUT2D eigenvalue weighted by atomic mass is 16.2. The molecule has 2 saturated heterocycles. The Labute approximate surface area is 108 Å². The van der Waals surface area contributed by atoms with E-state index in [1.807, 2.05) is 11.8 Å². The molecule has 3 amide bonds. The third kappa shape index (κ3) is 2.29. The second-order valence-electron chi connectivity index (χ2n) is 5.62. The highest BCUT2D eigenvalue weighted by Crippen LogP contribution is 2.25. The number of urea groups is 1. The van der Waals surface area contributed by atoms with E-state index >= 15 is 0 Å². The third-order valence-electron chi connectivity index (χ3n) is 3.77. The van der Waals surface area contributed by atoms with Crippen molar-refractivity contribution in [2.75, 3.05) is 53.4 Å². The second-order valence-corrected chi connectivity index (χ2v) is 5.62. The van der Waals surface area contributed by atoms with Gasteiger partial charge in [0.2, 0.25) is 5.91 Å². The number of carbonyl (C=O) groups is 2. The van der Waals surface area contributed by atoms with Crippen LogP contribution in [0.1, 0.15) is 6.92 Å². The highest BCUT2D eigenvalue weighted by Gasteiger charge is 2.42. The van der Waals surface area contributed by atoms with Crippen LogP contribution in [0.15, 0.2) is 0 Å². The van der Waals surface area contributed by atoms with Gasteiger partial charge in [-0.3, -0.25) is 4.79 Å². The van der Waals surface area contributed by atoms with Crippen molar-refractivity contribution in [3.8, 4) is 0 Å². The van der Waals surface area contributed by atoms with Gasteiger partial charge in [0.05, 0.1) is 5.41 Å². The summed E-state index contributed by atoms with van der Waals surface area (Å²) in [6.07, 6.45) is 0. The van der Waals surface area contributed by atoms with Crippen LogP contribution in [0.2, 0.25) is 0 Å². The van der Waals surface area contributed by atoms with Crippen molar-refractivity contribution in [1.29, 1.82) is 0 Å². The number of nitrogens with zero attached hydrogens (tertiary/aromatic N) is 3. The summed E-state index contributed by atoms with van der Waals surface area (Å²) >= 11 is 0. The van der Waals surface area contributed by atoms with Gasteiger partial charge in [-0.1, -0.05) is 0 Å². The van der Waals surface area contributed by atoms with E-state index in [0.29, 0.717) is 26.2 Å². The zero-order valence-corrected chi connectivity index (χ0v) is 11.4. The monoisotopic (exact) mass is 254 g/mol. The molecule has 0 aromatic heterocycles. The van der Waals surface area contributed by atoms with Crippen LogP contribution >= 0.6 is 0 Å². The van der Waals surface area contributed by atoms with Gasteiger partial charge >= 0.3 is 6.03 Å². The fourth-order valence-corrected chi connectivity index (χ4v) is 2.42. The zero-order chi connectivity index (χ0) is 13.3. The Hall–Kier alpha value is -1.30. The van der Waals surface area contributed by atoms with Crippen molar-refractivity contribution >= 4 is 11.9 Å². The van der Waals surface area contributed by atoms with E-state index in [4.69, 9.17) is 0 Å². The van der Waals surface area contributed by atoms with Gasteiger partial charge in [0.1, 0.15) is 0 Å². The lowest BCUT2D eigenvalue weighted by molar-refractivity contribution is -0.145. The van der Waals surface area contributed by atoms with Crippen LogP contribution in [0.5, 0.6) is 0 Å². The predicted molar refractivity (Wildman–Crippen MR) is 68.2 cm³/mol. The van der Waals surface area contributed by atoms with Crippen LogP contribution in [0, 0.1) is 5.41 Å². The molecule has 6 nitrogen and oxygen atoms in total. The molecule has 0 aromatic carbocycles. The Bertz CT molecular complexity index is 344. The van der Waals surface area contributed by atoms with E-state index in [9.17, 15) is 9.59 Å². The molecule has 0 aliphatic carbocycles. The van der Waals surface area contributed by atoms with E-state index in [1.165, 1.54) is 0 Å². The number of piperazine rings is 1. The number of carbonyl (C=O) groups excluding carboxylic acids is 2. The predicted octanol–water partition coefficient (Wildman–Crippen LogP) is -0.578. The molecular formula is C12H22N4O2. The molecule has 0 bridgehead atoms. The van der Waals surface area contributed by atoms with Gasteiger partial charge in [0.25, 0.3) is 0 Å². The summed E-state index contributed by atoms with van der Waals surface area (Å²) in [6.45, 7) is 6.09. The topological polar surface area (TPSA) is 55.9 Å². The molecule has 1 N–H and O–H groups in total. The summed E-state index contributed by atoms with van der Waals surface area (Å²) in [4.78, 5) is 29.3. The van der Waals surface area contributed by atoms with Crippen molar-refractivity contribution in [1.82, 2.24) is 20.0 Å². The van der Waals surface area contributed by atoms with E-state index in [-0.39, 0.29) is 17.4 Å². The van der Waals surface area contributed by atoms with E-state index in [2.05, 4.69) is 5.32 Å². The third-order valence-corrected chi connectivity index (χ3v) is 3.77. The number of nitrogens with one attached hydrogen (secondary N) is 1. The molecule has 0 atom stereocenters. The van der Waals surface area contributed by atoms with Gasteiger partial charge < -0.3 is 20.0 Å². The van der Waals surface area contributed by atoms with E-state index < -0.39 is 0 Å². The van der Waals surface area contributed by atoms with Crippen LogP contribution < -0.4 is 5.32 Å². The van der Waals surface area contributed by atoms with Crippen molar-refractivity contribution < 1.29 is 9.59 Å². The minimum atomic E-state index is -0.228. The lowest BCUT2D eigenvalue weighted by atomic mass is 9.82. The number of hydrogen-bond acceptors (Lipinski definition) is 3. The first kappa shape index (κ1) is 13.1. The lowest BCUT2D eigenvalue weighted by Crippen LogP contribution is -2.63. The summed E-state index contributed by atoms with van der Waals surface area (Å²) in [5.74, 6) is 0.221. The Morgan fingerprint density at radius 1 is 1.06 bits per heavy atom. The van der Waals surface area contributed by atoms with Gasteiger partial charge in [-0.2, -0.15) is 0 Å². The van der Waals surface area contributed by atoms with Crippen LogP contribution in [0.4, 0.5) is 4.79 Å². The minimum Gasteiger partial charge on any atom is -0.339 e. The molecule has 18 heavy (non-hydrogen) atoms. The summed E-state index contributed by atoms with van der Waals surface area (Å²) in [7, 11) is 3.50. The van der Waals surface area contributed by atoms with E-state index in [1.54, 1.807) is 23.9 Å². The van der Waals surface area contributed by atoms with Crippen molar-refractivity contribution in [3.63, 3.8) is 0 Å². The lowest BCUT2D eigenvalue weighted by Gasteiger charge is -2.44. The molecule has 2 aliphatic heterocycles. The summed E-state index contributed by atoms with van der Waals surface area (Å²) in [5.41, 5.74) is -0.228. The maximum absolute atomic E-state index is 12.3. The molecule has 2 aliphatic rings. The average Bonchev–Trinajstić information content (AvgIpc) is 2.34. The highest BCUT2D eigenvalue weighted by molar-refractivity contribution is 5.84. The fourth-order valence-electron chi connectivity index (χ4n) is 2.42. The molecule has 102 valence electrons. The van der Waals surface area contributed by atoms with Crippen LogP contribution in [0.25, 0.3) is 0 Å². The molecule has 2 heterocycles. The molecule has 6 heteroatoms. The molecule has 2 fully saturated rings. The minimum absolute atomic E-state index is 0.0265. The average molecular weight is 254 g/mol. The number of hydrogen-bond donors (Lipinski definition) is 1. The normalized spacial score (nSPS) is 22.4. The Morgan fingerprint density at radius 3 is 1.94 bits per heavy atom. The molecule has 0 spiro atoms. The zero-order valence-electron chi connectivity index (χ0n) is 11.4. The first-order valence-corrected chi connectivity index (χ1v) is 6.40. The van der Waals surface area contributed by atoms with Crippen molar-refractivity contribution in [2.24, 2.45) is 5.41 Å². The largest absolute Gasteiger partial charge is 0.339 e. The smallest absolute Gasteiger partial charge is 0.319 e. The summed E-state index contributed by atoms with van der Waals surface area (Å²) < 4.78 is 0. The molecule has 2 rings (SSSR count). The Kier molecular flexibility index (Phi) is 3.47. The molecule has 0 aromatic rings. The summed E-state index contributed by atoms with van der Waals surface area (Å²) in [5, 5.41) is 3.14. The van der Waals surface area contributed by atoms with Gasteiger partial charge in [-0.05, 0) is 6.92 Å². The molecule has 0 saturated carbocycles. The Balaban J connectivity index is 1.87. The van der Waals surface area contributed by atoms with Gasteiger partial charge in [0, 0.05) is 53.4 Å². The maximum Gasteiger partial charge on any atom is 0.319 e. The quantitative estimate of drug-likeness (QED) is 0.681. The second kappa shape index (κ2) is 4.76. The molecular weight excluding hydrogens is 232 g/mol. The summed E-state index contributed by atoms with van der Waals surface area (Å²) in [6, 6.07) is 0.0265. The van der Waals surface area contributed by atoms with Gasteiger partial charge in [-0.25, -0.2) is 4.79 Å². The molecule has 0 radical (unpaired) electrons. The number of amides is 3. The van der Waals surface area contributed by atoms with Crippen LogP contribution in [-0.4, -0.2) is 80.0 Å². The Morgan fingerprint density at radius 2 is 1.56 bits per heavy atom. The first-order valence-electron chi connectivity index (χ1n) is 6.40. The van der Waals surface area contributed by atoms with Gasteiger partial charge in [0.15, 0.2) is 0 Å². The van der Waals surface area contributed by atoms with Crippen LogP contribution in [0.3, 0.4) is 0 Å². The van der Waals surface area contributed by atoms with Crippen LogP contribution in [-0.2, 0) is 4.79 Å². The van der Waals surface area contributed by atoms with Crippen molar-refractivity contribution in [3.05, 3.63) is 0 Å². The van der Waals surface area contributed by atoms with Crippen molar-refractivity contribution in [2.45, 2.75) is 6.92 Å². The SMILES string of the molecule is CN(C)C(=O)N1CCN(C(=O)C2(C)CNC2)CC1. The van der Waals surface area contributed by atoms with Gasteiger partial charge in [-0.15, -0.1) is 0 Å². The van der Waals surface area contributed by atoms with E-state index in [0.717, 1.165) is 13.1 Å². The molecule has 0 unspecified atom stereocenters. The fraction of sp³-hybridized carbons (Fsp3) is 0.833. The standard InChI is InChI=1S/C12H22N4O2/c1-12(8-13-9-12)10(17)15-4-6-16(7-5-15)11(18)14(2)3/h13H,4-9H2,1-3H3. The first-order chi connectivity index (χ1) is 8.44. The number of rotatable bonds is 1. The maximum atomic E-state index is 12.3.